The number of benzene rings is 1. The average molecular weight is 322 g/mol. The van der Waals surface area contributed by atoms with E-state index >= 15 is 0 Å². The zero-order valence-electron chi connectivity index (χ0n) is 11.7. The van der Waals surface area contributed by atoms with Crippen molar-refractivity contribution < 1.29 is 0 Å². The number of aromatic nitrogens is 2. The monoisotopic (exact) mass is 321 g/mol. The van der Waals surface area contributed by atoms with E-state index in [0.29, 0.717) is 6.04 Å². The van der Waals surface area contributed by atoms with Gasteiger partial charge in [0, 0.05) is 29.7 Å². The fourth-order valence-corrected chi connectivity index (χ4v) is 2.76. The molecule has 0 bridgehead atoms. The second-order valence-electron chi connectivity index (χ2n) is 4.77. The number of halogens is 1. The Labute approximate surface area is 123 Å². The Kier molecular flexibility index (Phi) is 4.77. The highest BCUT2D eigenvalue weighted by Gasteiger charge is 2.14. The maximum atomic E-state index is 4.42. The van der Waals surface area contributed by atoms with Gasteiger partial charge in [0.2, 0.25) is 0 Å². The lowest BCUT2D eigenvalue weighted by molar-refractivity contribution is 0.528. The van der Waals surface area contributed by atoms with Crippen LogP contribution in [0.5, 0.6) is 0 Å². The molecule has 2 rings (SSSR count). The van der Waals surface area contributed by atoms with Crippen LogP contribution >= 0.6 is 15.9 Å². The van der Waals surface area contributed by atoms with E-state index in [2.05, 4.69) is 63.6 Å². The molecule has 0 saturated carbocycles. The minimum Gasteiger partial charge on any atom is -0.310 e. The lowest BCUT2D eigenvalue weighted by atomic mass is 10.0. The molecule has 3 nitrogen and oxygen atoms in total. The lowest BCUT2D eigenvalue weighted by Gasteiger charge is -2.18. The summed E-state index contributed by atoms with van der Waals surface area (Å²) >= 11 is 3.54. The van der Waals surface area contributed by atoms with E-state index in [0.717, 1.165) is 23.1 Å². The lowest BCUT2D eigenvalue weighted by Crippen LogP contribution is -2.23. The van der Waals surface area contributed by atoms with Crippen LogP contribution in [0.2, 0.25) is 0 Å². The molecule has 19 heavy (non-hydrogen) atoms. The van der Waals surface area contributed by atoms with E-state index < -0.39 is 0 Å². The van der Waals surface area contributed by atoms with Crippen LogP contribution in [0.4, 0.5) is 0 Å². The molecule has 1 N–H and O–H groups in total. The van der Waals surface area contributed by atoms with Crippen LogP contribution in [-0.2, 0) is 13.5 Å². The van der Waals surface area contributed by atoms with Gasteiger partial charge in [-0.3, -0.25) is 4.68 Å². The van der Waals surface area contributed by atoms with Crippen molar-refractivity contribution in [2.75, 3.05) is 6.54 Å². The molecule has 1 aromatic carbocycles. The van der Waals surface area contributed by atoms with Crippen molar-refractivity contribution >= 4 is 15.9 Å². The SMILES string of the molecule is CCNC(Cc1cc(C)nn1C)c1cccc(Br)c1. The smallest absolute Gasteiger partial charge is 0.0596 e. The molecule has 0 aliphatic rings. The number of aryl methyl sites for hydroxylation is 2. The van der Waals surface area contributed by atoms with Gasteiger partial charge in [-0.25, -0.2) is 0 Å². The van der Waals surface area contributed by atoms with Crippen molar-refractivity contribution in [3.8, 4) is 0 Å². The Morgan fingerprint density at radius 1 is 1.37 bits per heavy atom. The third kappa shape index (κ3) is 3.67. The molecule has 0 fully saturated rings. The first kappa shape index (κ1) is 14.3. The molecule has 0 radical (unpaired) electrons. The van der Waals surface area contributed by atoms with Gasteiger partial charge in [0.1, 0.15) is 0 Å². The van der Waals surface area contributed by atoms with Crippen LogP contribution in [0.25, 0.3) is 0 Å². The fourth-order valence-electron chi connectivity index (χ4n) is 2.34. The molecule has 0 aliphatic carbocycles. The summed E-state index contributed by atoms with van der Waals surface area (Å²) in [4.78, 5) is 0. The van der Waals surface area contributed by atoms with Crippen LogP contribution < -0.4 is 5.32 Å². The molecule has 1 aromatic heterocycles. The van der Waals surface area contributed by atoms with E-state index in [9.17, 15) is 0 Å². The van der Waals surface area contributed by atoms with Gasteiger partial charge in [-0.1, -0.05) is 35.0 Å². The second kappa shape index (κ2) is 6.35. The van der Waals surface area contributed by atoms with Gasteiger partial charge in [-0.15, -0.1) is 0 Å². The quantitative estimate of drug-likeness (QED) is 0.914. The van der Waals surface area contributed by atoms with E-state index in [1.807, 2.05) is 18.7 Å². The van der Waals surface area contributed by atoms with Crippen LogP contribution in [-0.4, -0.2) is 16.3 Å². The number of hydrogen-bond acceptors (Lipinski definition) is 2. The molecule has 0 spiro atoms. The minimum atomic E-state index is 0.317. The Bertz CT molecular complexity index is 548. The van der Waals surface area contributed by atoms with Crippen molar-refractivity contribution in [1.29, 1.82) is 0 Å². The second-order valence-corrected chi connectivity index (χ2v) is 5.69. The number of likely N-dealkylation sites (N-methyl/N-ethyl adjacent to an activating group) is 1. The average Bonchev–Trinajstić information content (AvgIpc) is 2.67. The van der Waals surface area contributed by atoms with Crippen LogP contribution in [0.1, 0.15) is 29.9 Å². The third-order valence-corrected chi connectivity index (χ3v) is 3.71. The van der Waals surface area contributed by atoms with Gasteiger partial charge in [-0.2, -0.15) is 5.10 Å². The van der Waals surface area contributed by atoms with Gasteiger partial charge < -0.3 is 5.32 Å². The predicted molar refractivity (Wildman–Crippen MR) is 82.2 cm³/mol. The van der Waals surface area contributed by atoms with Crippen molar-refractivity contribution in [3.63, 3.8) is 0 Å². The van der Waals surface area contributed by atoms with Crippen LogP contribution in [0.3, 0.4) is 0 Å². The fraction of sp³-hybridized carbons (Fsp3) is 0.400. The first-order valence-corrected chi connectivity index (χ1v) is 7.37. The summed E-state index contributed by atoms with van der Waals surface area (Å²) in [6.07, 6.45) is 0.946. The van der Waals surface area contributed by atoms with Gasteiger partial charge in [-0.05, 0) is 37.2 Å². The molecule has 2 aromatic rings. The van der Waals surface area contributed by atoms with Crippen molar-refractivity contribution in [2.24, 2.45) is 7.05 Å². The summed E-state index contributed by atoms with van der Waals surface area (Å²) < 4.78 is 3.09. The summed E-state index contributed by atoms with van der Waals surface area (Å²) in [5.41, 5.74) is 3.63. The molecule has 1 unspecified atom stereocenters. The van der Waals surface area contributed by atoms with Crippen LogP contribution in [0, 0.1) is 6.92 Å². The molecular weight excluding hydrogens is 302 g/mol. The number of nitrogens with zero attached hydrogens (tertiary/aromatic N) is 2. The largest absolute Gasteiger partial charge is 0.310 e. The third-order valence-electron chi connectivity index (χ3n) is 3.21. The summed E-state index contributed by atoms with van der Waals surface area (Å²) in [7, 11) is 2.01. The molecule has 0 amide bonds. The predicted octanol–water partition coefficient (Wildman–Crippen LogP) is 3.38. The Morgan fingerprint density at radius 2 is 2.16 bits per heavy atom. The van der Waals surface area contributed by atoms with Gasteiger partial charge in [0.25, 0.3) is 0 Å². The Morgan fingerprint density at radius 3 is 2.74 bits per heavy atom. The molecule has 1 atom stereocenters. The first-order chi connectivity index (χ1) is 9.10. The standard InChI is InChI=1S/C15H20BrN3/c1-4-17-15(12-6-5-7-13(16)9-12)10-14-8-11(2)18-19(14)3/h5-9,15,17H,4,10H2,1-3H3. The highest BCUT2D eigenvalue weighted by Crippen LogP contribution is 2.22. The Balaban J connectivity index is 2.23. The highest BCUT2D eigenvalue weighted by molar-refractivity contribution is 9.10. The normalized spacial score (nSPS) is 12.6. The van der Waals surface area contributed by atoms with Crippen molar-refractivity contribution in [1.82, 2.24) is 15.1 Å². The van der Waals surface area contributed by atoms with Gasteiger partial charge in [0.15, 0.2) is 0 Å². The zero-order valence-corrected chi connectivity index (χ0v) is 13.2. The highest BCUT2D eigenvalue weighted by atomic mass is 79.9. The van der Waals surface area contributed by atoms with E-state index in [-0.39, 0.29) is 0 Å². The van der Waals surface area contributed by atoms with Crippen molar-refractivity contribution in [2.45, 2.75) is 26.3 Å². The van der Waals surface area contributed by atoms with E-state index in [4.69, 9.17) is 0 Å². The molecular formula is C15H20BrN3. The van der Waals surface area contributed by atoms with Gasteiger partial charge in [0.05, 0.1) is 5.69 Å². The molecule has 1 heterocycles. The number of rotatable bonds is 5. The molecule has 0 saturated heterocycles. The summed E-state index contributed by atoms with van der Waals surface area (Å²) in [5.74, 6) is 0. The van der Waals surface area contributed by atoms with Crippen LogP contribution in [0.15, 0.2) is 34.8 Å². The topological polar surface area (TPSA) is 29.9 Å². The van der Waals surface area contributed by atoms with Gasteiger partial charge >= 0.3 is 0 Å². The molecule has 0 aliphatic heterocycles. The number of nitrogens with one attached hydrogen (secondary N) is 1. The maximum Gasteiger partial charge on any atom is 0.0596 e. The van der Waals surface area contributed by atoms with Crippen molar-refractivity contribution in [3.05, 3.63) is 51.8 Å². The maximum absolute atomic E-state index is 4.42. The minimum absolute atomic E-state index is 0.317. The first-order valence-electron chi connectivity index (χ1n) is 6.58. The summed E-state index contributed by atoms with van der Waals surface area (Å²) in [6.45, 7) is 5.12. The summed E-state index contributed by atoms with van der Waals surface area (Å²) in [6, 6.07) is 11.0. The zero-order chi connectivity index (χ0) is 13.8. The molecule has 102 valence electrons. The number of hydrogen-bond donors (Lipinski definition) is 1. The molecule has 4 heteroatoms. The Hall–Kier alpha value is -1.13. The van der Waals surface area contributed by atoms with E-state index in [1.165, 1.54) is 11.3 Å². The van der Waals surface area contributed by atoms with E-state index in [1.54, 1.807) is 0 Å². The summed E-state index contributed by atoms with van der Waals surface area (Å²) in [5, 5.41) is 7.96.